The van der Waals surface area contributed by atoms with Gasteiger partial charge in [-0.05, 0) is 79.7 Å². The third kappa shape index (κ3) is 4.97. The molecule has 0 amide bonds. The monoisotopic (exact) mass is 652 g/mol. The highest BCUT2D eigenvalue weighted by Gasteiger charge is 2.41. The Kier molecular flexibility index (Phi) is 7.63. The molecular weight excluding hydrogens is 625 g/mol. The average molecular weight is 653 g/mol. The lowest BCUT2D eigenvalue weighted by molar-refractivity contribution is 1.18. The minimum atomic E-state index is -2.74. The van der Waals surface area contributed by atoms with Crippen molar-refractivity contribution in [2.24, 2.45) is 0 Å². The van der Waals surface area contributed by atoms with Crippen molar-refractivity contribution in [3.63, 3.8) is 0 Å². The highest BCUT2D eigenvalue weighted by atomic mass is 28.3. The molecule has 1 heterocycles. The van der Waals surface area contributed by atoms with E-state index in [1.54, 1.807) is 0 Å². The molecule has 0 unspecified atom stereocenters. The highest BCUT2D eigenvalue weighted by Crippen LogP contribution is 2.36. The Bertz CT molecular complexity index is 2540. The van der Waals surface area contributed by atoms with Crippen molar-refractivity contribution in [2.75, 3.05) is 0 Å². The molecule has 0 saturated heterocycles. The van der Waals surface area contributed by atoms with E-state index in [1.807, 2.05) is 48.5 Å². The molecule has 5 heteroatoms. The number of nitriles is 1. The zero-order chi connectivity index (χ0) is 34.1. The second-order valence-corrected chi connectivity index (χ2v) is 16.1. The van der Waals surface area contributed by atoms with Crippen LogP contribution in [-0.2, 0) is 0 Å². The van der Waals surface area contributed by atoms with Gasteiger partial charge in [-0.2, -0.15) is 5.26 Å². The maximum atomic E-state index is 9.63. The molecule has 0 atom stereocenters. The summed E-state index contributed by atoms with van der Waals surface area (Å²) in [6.45, 7) is 15.1. The Morgan fingerprint density at radius 1 is 0.480 bits per heavy atom. The Morgan fingerprint density at radius 3 is 1.62 bits per heavy atom. The van der Waals surface area contributed by atoms with Gasteiger partial charge in [0, 0.05) is 11.1 Å². The first-order valence-electron chi connectivity index (χ1n) is 16.3. The van der Waals surface area contributed by atoms with Crippen LogP contribution in [-0.4, -0.2) is 12.6 Å². The van der Waals surface area contributed by atoms with E-state index >= 15 is 0 Å². The van der Waals surface area contributed by atoms with E-state index in [4.69, 9.17) is 13.1 Å². The van der Waals surface area contributed by atoms with E-state index in [9.17, 15) is 5.26 Å². The maximum Gasteiger partial charge on any atom is 0.188 e. The second-order valence-electron chi connectivity index (χ2n) is 12.3. The summed E-state index contributed by atoms with van der Waals surface area (Å²) in [5, 5.41) is 16.6. The molecule has 8 rings (SSSR count). The largest absolute Gasteiger partial charge is 0.309 e. The first-order chi connectivity index (χ1) is 24.6. The van der Waals surface area contributed by atoms with Crippen molar-refractivity contribution in [2.45, 2.75) is 0 Å². The molecule has 8 aromatic rings. The summed E-state index contributed by atoms with van der Waals surface area (Å²) in [6, 6.07) is 61.1. The number of benzene rings is 7. The summed E-state index contributed by atoms with van der Waals surface area (Å²) in [5.41, 5.74) is 6.96. The molecule has 0 fully saturated rings. The van der Waals surface area contributed by atoms with Crippen molar-refractivity contribution < 1.29 is 0 Å². The van der Waals surface area contributed by atoms with E-state index in [0.29, 0.717) is 16.9 Å². The number of fused-ring (bicyclic) bond motifs is 3. The van der Waals surface area contributed by atoms with Crippen LogP contribution in [0.5, 0.6) is 0 Å². The summed E-state index contributed by atoms with van der Waals surface area (Å²) in [4.78, 5) is 7.33. The molecule has 0 saturated carbocycles. The molecule has 0 radical (unpaired) electrons. The van der Waals surface area contributed by atoms with Crippen molar-refractivity contribution >= 4 is 62.0 Å². The lowest BCUT2D eigenvalue weighted by Crippen LogP contribution is -2.74. The predicted octanol–water partition coefficient (Wildman–Crippen LogP) is 8.80. The fraction of sp³-hybridized carbons (Fsp3) is 0. The molecule has 0 aliphatic heterocycles. The summed E-state index contributed by atoms with van der Waals surface area (Å²) in [6.07, 6.45) is 0. The highest BCUT2D eigenvalue weighted by molar-refractivity contribution is 7.19. The van der Waals surface area contributed by atoms with Gasteiger partial charge in [0.05, 0.1) is 35.8 Å². The molecule has 232 valence electrons. The normalized spacial score (nSPS) is 11.1. The van der Waals surface area contributed by atoms with Gasteiger partial charge in [-0.15, -0.1) is 0 Å². The molecule has 1 aromatic heterocycles. The zero-order valence-corrected chi connectivity index (χ0v) is 28.0. The quantitative estimate of drug-likeness (QED) is 0.101. The number of rotatable bonds is 6. The van der Waals surface area contributed by atoms with Gasteiger partial charge in [0.15, 0.2) is 19.4 Å². The Hall–Kier alpha value is -6.97. The SMILES string of the molecule is [C-]#[N+]c1ccc([Si](c2ccccc2)(c2ccccc2)c2ccc(-c3cccc(-n4c5ccc(C#N)cc5c5cc([N+]#[C-])ccc54)c3)cc2)cc1. The van der Waals surface area contributed by atoms with Crippen LogP contribution in [0.3, 0.4) is 0 Å². The standard InChI is InChI=1S/C45H28N4Si/c1-47-35-19-24-41(25-20-35)50(38-12-5-3-6-13-38,39-14-7-4-8-15-39)40-22-17-33(18-23-40)34-10-9-11-37(29-34)49-44-26-16-32(31-46)28-42(44)43-30-36(48-2)21-27-45(43)49/h3-30H. The average Bonchev–Trinajstić information content (AvgIpc) is 3.52. The van der Waals surface area contributed by atoms with E-state index < -0.39 is 8.07 Å². The lowest BCUT2D eigenvalue weighted by Gasteiger charge is -2.34. The van der Waals surface area contributed by atoms with Crippen molar-refractivity contribution in [1.29, 1.82) is 5.26 Å². The Morgan fingerprint density at radius 2 is 1.02 bits per heavy atom. The zero-order valence-electron chi connectivity index (χ0n) is 27.0. The number of aromatic nitrogens is 1. The molecule has 0 aliphatic carbocycles. The van der Waals surface area contributed by atoms with E-state index in [2.05, 4.69) is 142 Å². The van der Waals surface area contributed by atoms with Crippen molar-refractivity contribution in [1.82, 2.24) is 4.57 Å². The number of hydrogen-bond acceptors (Lipinski definition) is 1. The van der Waals surface area contributed by atoms with Gasteiger partial charge in [0.1, 0.15) is 0 Å². The first kappa shape index (κ1) is 30.4. The summed E-state index contributed by atoms with van der Waals surface area (Å²) in [5.74, 6) is 0. The van der Waals surface area contributed by atoms with Crippen LogP contribution in [0, 0.1) is 24.5 Å². The Labute approximate surface area is 292 Å². The van der Waals surface area contributed by atoms with E-state index in [0.717, 1.165) is 38.6 Å². The molecule has 7 aromatic carbocycles. The third-order valence-electron chi connectivity index (χ3n) is 9.61. The van der Waals surface area contributed by atoms with Crippen LogP contribution in [0.4, 0.5) is 11.4 Å². The molecule has 50 heavy (non-hydrogen) atoms. The van der Waals surface area contributed by atoms with Crippen molar-refractivity contribution in [3.8, 4) is 22.9 Å². The molecule has 0 N–H and O–H groups in total. The van der Waals surface area contributed by atoms with Gasteiger partial charge >= 0.3 is 0 Å². The predicted molar refractivity (Wildman–Crippen MR) is 207 cm³/mol. The van der Waals surface area contributed by atoms with Gasteiger partial charge in [0.25, 0.3) is 0 Å². The topological polar surface area (TPSA) is 37.4 Å². The molecule has 4 nitrogen and oxygen atoms in total. The minimum Gasteiger partial charge on any atom is -0.309 e. The van der Waals surface area contributed by atoms with Crippen LogP contribution in [0.2, 0.25) is 0 Å². The molecule has 0 spiro atoms. The smallest absolute Gasteiger partial charge is 0.188 e. The van der Waals surface area contributed by atoms with Crippen molar-refractivity contribution in [3.05, 3.63) is 198 Å². The van der Waals surface area contributed by atoms with Gasteiger partial charge < -0.3 is 4.57 Å². The fourth-order valence-corrected chi connectivity index (χ4v) is 12.0. The number of hydrogen-bond donors (Lipinski definition) is 0. The van der Waals surface area contributed by atoms with Crippen LogP contribution in [0.15, 0.2) is 170 Å². The lowest BCUT2D eigenvalue weighted by atomic mass is 10.1. The number of nitrogens with zero attached hydrogens (tertiary/aromatic N) is 4. The third-order valence-corrected chi connectivity index (χ3v) is 14.4. The van der Waals surface area contributed by atoms with Gasteiger partial charge in [-0.25, -0.2) is 9.69 Å². The first-order valence-corrected chi connectivity index (χ1v) is 18.3. The summed E-state index contributed by atoms with van der Waals surface area (Å²) in [7, 11) is -2.74. The molecule has 0 bridgehead atoms. The summed E-state index contributed by atoms with van der Waals surface area (Å²) >= 11 is 0. The summed E-state index contributed by atoms with van der Waals surface area (Å²) < 4.78 is 2.22. The molecule has 0 aliphatic rings. The van der Waals surface area contributed by atoms with Crippen LogP contribution in [0.1, 0.15) is 5.56 Å². The van der Waals surface area contributed by atoms with Gasteiger partial charge in [-0.3, -0.25) is 0 Å². The van der Waals surface area contributed by atoms with Crippen LogP contribution >= 0.6 is 0 Å². The minimum absolute atomic E-state index is 0.570. The van der Waals surface area contributed by atoms with Crippen LogP contribution < -0.4 is 20.7 Å². The van der Waals surface area contributed by atoms with Crippen LogP contribution in [0.25, 0.3) is 48.3 Å². The van der Waals surface area contributed by atoms with E-state index in [-0.39, 0.29) is 0 Å². The van der Waals surface area contributed by atoms with E-state index in [1.165, 1.54) is 20.7 Å². The maximum absolute atomic E-state index is 9.63. The Balaban J connectivity index is 1.28. The fourth-order valence-electron chi connectivity index (χ4n) is 7.33. The van der Waals surface area contributed by atoms with Gasteiger partial charge in [-0.1, -0.05) is 127 Å². The van der Waals surface area contributed by atoms with Gasteiger partial charge in [0.2, 0.25) is 0 Å². The second kappa shape index (κ2) is 12.6. The molecular formula is C45H28N4Si.